The van der Waals surface area contributed by atoms with Crippen LogP contribution in [0.1, 0.15) is 21.9 Å². The summed E-state index contributed by atoms with van der Waals surface area (Å²) in [6.45, 7) is 6.24. The van der Waals surface area contributed by atoms with Crippen LogP contribution in [0.5, 0.6) is 0 Å². The first-order valence-electron chi connectivity index (χ1n) is 6.98. The van der Waals surface area contributed by atoms with Gasteiger partial charge in [0.05, 0.1) is 11.4 Å². The normalized spacial score (nSPS) is 28.1. The molecule has 0 saturated carbocycles. The molecule has 2 aliphatic rings. The predicted molar refractivity (Wildman–Crippen MR) is 79.7 cm³/mol. The van der Waals surface area contributed by atoms with Crippen LogP contribution in [0.4, 0.5) is 0 Å². The van der Waals surface area contributed by atoms with Gasteiger partial charge in [-0.1, -0.05) is 15.9 Å². The molecule has 1 aromatic heterocycles. The van der Waals surface area contributed by atoms with Crippen molar-refractivity contribution in [2.75, 3.05) is 39.8 Å². The van der Waals surface area contributed by atoms with E-state index in [1.54, 1.807) is 0 Å². The molecular weight excluding hydrogens is 320 g/mol. The zero-order valence-electron chi connectivity index (χ0n) is 11.6. The number of piperazine rings is 1. The molecule has 3 rings (SSSR count). The molecule has 1 saturated heterocycles. The molecule has 20 heavy (non-hydrogen) atoms. The standard InChI is InChI=1S/C14H19BrN4O/c1-18-2-4-19(5-3-18)9-12-14(15)11-6-10(7-16)20-13(11)8-17-12/h6,12,14,17H,2-5,8-9H2,1H3. The predicted octanol–water partition coefficient (Wildman–Crippen LogP) is 1.31. The average molecular weight is 339 g/mol. The van der Waals surface area contributed by atoms with Crippen molar-refractivity contribution in [3.05, 3.63) is 23.2 Å². The minimum absolute atomic E-state index is 0.205. The fourth-order valence-corrected chi connectivity index (χ4v) is 3.62. The maximum Gasteiger partial charge on any atom is 0.204 e. The molecule has 2 unspecified atom stereocenters. The minimum Gasteiger partial charge on any atom is -0.449 e. The van der Waals surface area contributed by atoms with Crippen LogP contribution >= 0.6 is 15.9 Å². The highest BCUT2D eigenvalue weighted by atomic mass is 79.9. The number of nitrogens with zero attached hydrogens (tertiary/aromatic N) is 3. The zero-order valence-corrected chi connectivity index (χ0v) is 13.2. The third-order valence-electron chi connectivity index (χ3n) is 4.18. The minimum atomic E-state index is 0.205. The molecule has 0 radical (unpaired) electrons. The van der Waals surface area contributed by atoms with E-state index in [-0.39, 0.29) is 4.83 Å². The van der Waals surface area contributed by atoms with Crippen molar-refractivity contribution < 1.29 is 4.42 Å². The molecule has 0 aromatic carbocycles. The van der Waals surface area contributed by atoms with Gasteiger partial charge in [0.15, 0.2) is 0 Å². The molecule has 2 aliphatic heterocycles. The van der Waals surface area contributed by atoms with Gasteiger partial charge in [0.2, 0.25) is 5.76 Å². The largest absolute Gasteiger partial charge is 0.449 e. The molecule has 0 spiro atoms. The molecule has 3 heterocycles. The van der Waals surface area contributed by atoms with Crippen LogP contribution in [-0.4, -0.2) is 55.6 Å². The van der Waals surface area contributed by atoms with Crippen LogP contribution in [0.2, 0.25) is 0 Å². The Morgan fingerprint density at radius 2 is 2.20 bits per heavy atom. The van der Waals surface area contributed by atoms with Gasteiger partial charge in [-0.3, -0.25) is 4.90 Å². The number of likely N-dealkylation sites (N-methyl/N-ethyl adjacent to an activating group) is 1. The number of nitriles is 1. The number of furan rings is 1. The van der Waals surface area contributed by atoms with Crippen LogP contribution < -0.4 is 5.32 Å². The maximum absolute atomic E-state index is 8.93. The van der Waals surface area contributed by atoms with Gasteiger partial charge in [0, 0.05) is 44.3 Å². The van der Waals surface area contributed by atoms with Crippen molar-refractivity contribution >= 4 is 15.9 Å². The molecule has 5 nitrogen and oxygen atoms in total. The number of hydrogen-bond acceptors (Lipinski definition) is 5. The molecule has 108 valence electrons. The summed E-state index contributed by atoms with van der Waals surface area (Å²) in [4.78, 5) is 5.07. The van der Waals surface area contributed by atoms with E-state index in [1.807, 2.05) is 6.07 Å². The van der Waals surface area contributed by atoms with Gasteiger partial charge < -0.3 is 14.6 Å². The van der Waals surface area contributed by atoms with Crippen molar-refractivity contribution in [3.8, 4) is 6.07 Å². The Bertz CT molecular complexity index is 516. The second-order valence-corrected chi connectivity index (χ2v) is 6.58. The zero-order chi connectivity index (χ0) is 14.1. The van der Waals surface area contributed by atoms with Crippen LogP contribution in [-0.2, 0) is 6.54 Å². The van der Waals surface area contributed by atoms with Crippen molar-refractivity contribution in [2.24, 2.45) is 0 Å². The number of fused-ring (bicyclic) bond motifs is 1. The van der Waals surface area contributed by atoms with E-state index in [9.17, 15) is 0 Å². The summed E-state index contributed by atoms with van der Waals surface area (Å²) in [5.41, 5.74) is 1.12. The van der Waals surface area contributed by atoms with Gasteiger partial charge in [-0.2, -0.15) is 5.26 Å². The summed E-state index contributed by atoms with van der Waals surface area (Å²) < 4.78 is 5.50. The highest BCUT2D eigenvalue weighted by molar-refractivity contribution is 9.09. The number of nitrogens with one attached hydrogen (secondary N) is 1. The van der Waals surface area contributed by atoms with Gasteiger partial charge in [0.1, 0.15) is 11.8 Å². The first-order chi connectivity index (χ1) is 9.67. The topological polar surface area (TPSA) is 55.4 Å². The van der Waals surface area contributed by atoms with E-state index in [0.29, 0.717) is 18.3 Å². The molecule has 1 aromatic rings. The average Bonchev–Trinajstić information content (AvgIpc) is 2.88. The molecule has 0 bridgehead atoms. The quantitative estimate of drug-likeness (QED) is 0.824. The van der Waals surface area contributed by atoms with Crippen LogP contribution in [0.3, 0.4) is 0 Å². The van der Waals surface area contributed by atoms with Gasteiger partial charge in [-0.25, -0.2) is 0 Å². The lowest BCUT2D eigenvalue weighted by molar-refractivity contribution is 0.139. The third kappa shape index (κ3) is 2.77. The van der Waals surface area contributed by atoms with Crippen molar-refractivity contribution in [2.45, 2.75) is 17.4 Å². The fraction of sp³-hybridized carbons (Fsp3) is 0.643. The summed E-state index contributed by atoms with van der Waals surface area (Å²) >= 11 is 3.77. The van der Waals surface area contributed by atoms with Gasteiger partial charge >= 0.3 is 0 Å². The summed E-state index contributed by atoms with van der Waals surface area (Å²) in [5.74, 6) is 1.29. The highest BCUT2D eigenvalue weighted by Crippen LogP contribution is 2.35. The lowest BCUT2D eigenvalue weighted by Gasteiger charge is -2.37. The SMILES string of the molecule is CN1CCN(CC2NCc3oc(C#N)cc3C2Br)CC1. The lowest BCUT2D eigenvalue weighted by Crippen LogP contribution is -2.51. The van der Waals surface area contributed by atoms with Crippen LogP contribution in [0.15, 0.2) is 10.5 Å². The molecule has 0 aliphatic carbocycles. The molecule has 0 amide bonds. The summed E-state index contributed by atoms with van der Waals surface area (Å²) in [6.07, 6.45) is 0. The molecule has 1 fully saturated rings. The number of halogens is 1. The Kier molecular flexibility index (Phi) is 4.13. The molecule has 1 N–H and O–H groups in total. The Morgan fingerprint density at radius 3 is 2.90 bits per heavy atom. The van der Waals surface area contributed by atoms with E-state index in [0.717, 1.165) is 44.0 Å². The van der Waals surface area contributed by atoms with E-state index in [4.69, 9.17) is 9.68 Å². The molecular formula is C14H19BrN4O. The first kappa shape index (κ1) is 14.1. The van der Waals surface area contributed by atoms with Crippen LogP contribution in [0.25, 0.3) is 0 Å². The summed E-state index contributed by atoms with van der Waals surface area (Å²) in [7, 11) is 2.17. The molecule has 6 heteroatoms. The Morgan fingerprint density at radius 1 is 1.45 bits per heavy atom. The lowest BCUT2D eigenvalue weighted by atomic mass is 10.0. The van der Waals surface area contributed by atoms with E-state index in [2.05, 4.69) is 44.2 Å². The number of alkyl halides is 1. The van der Waals surface area contributed by atoms with E-state index >= 15 is 0 Å². The highest BCUT2D eigenvalue weighted by Gasteiger charge is 2.32. The number of hydrogen-bond donors (Lipinski definition) is 1. The monoisotopic (exact) mass is 338 g/mol. The van der Waals surface area contributed by atoms with Crippen molar-refractivity contribution in [3.63, 3.8) is 0 Å². The second-order valence-electron chi connectivity index (χ2n) is 5.59. The molecule has 2 atom stereocenters. The summed E-state index contributed by atoms with van der Waals surface area (Å²) in [5, 5.41) is 12.4. The third-order valence-corrected chi connectivity index (χ3v) is 5.31. The van der Waals surface area contributed by atoms with Gasteiger partial charge in [-0.05, 0) is 13.1 Å². The Hall–Kier alpha value is -0.870. The van der Waals surface area contributed by atoms with E-state index in [1.165, 1.54) is 0 Å². The van der Waals surface area contributed by atoms with Crippen LogP contribution in [0, 0.1) is 11.3 Å². The van der Waals surface area contributed by atoms with Crippen molar-refractivity contribution in [1.29, 1.82) is 5.26 Å². The Labute approximate surface area is 127 Å². The first-order valence-corrected chi connectivity index (χ1v) is 7.90. The maximum atomic E-state index is 8.93. The number of rotatable bonds is 2. The van der Waals surface area contributed by atoms with Gasteiger partial charge in [-0.15, -0.1) is 0 Å². The fourth-order valence-electron chi connectivity index (χ4n) is 2.88. The smallest absolute Gasteiger partial charge is 0.204 e. The van der Waals surface area contributed by atoms with Gasteiger partial charge in [0.25, 0.3) is 0 Å². The Balaban J connectivity index is 1.66. The van der Waals surface area contributed by atoms with Crippen molar-refractivity contribution in [1.82, 2.24) is 15.1 Å². The van der Waals surface area contributed by atoms with E-state index < -0.39 is 0 Å². The summed E-state index contributed by atoms with van der Waals surface area (Å²) in [6, 6.07) is 4.30. The second kappa shape index (κ2) is 5.86.